The van der Waals surface area contributed by atoms with Crippen LogP contribution in [-0.2, 0) is 6.54 Å². The molecule has 0 atom stereocenters. The van der Waals surface area contributed by atoms with Gasteiger partial charge in [0.1, 0.15) is 5.75 Å². The molecule has 0 bridgehead atoms. The number of carbonyl (C=O) groups is 1. The highest BCUT2D eigenvalue weighted by Crippen LogP contribution is 2.12. The molecule has 0 unspecified atom stereocenters. The second-order valence-corrected chi connectivity index (χ2v) is 3.60. The molecule has 0 aromatic heterocycles. The largest absolute Gasteiger partial charge is 0.423 e. The Hall–Kier alpha value is -2.13. The summed E-state index contributed by atoms with van der Waals surface area (Å²) < 4.78 is 5.20. The van der Waals surface area contributed by atoms with Gasteiger partial charge in [0.15, 0.2) is 0 Å². The van der Waals surface area contributed by atoms with Gasteiger partial charge in [-0.05, 0) is 29.8 Å². The Labute approximate surface area is 99.8 Å². The third-order valence-electron chi connectivity index (χ3n) is 2.38. The van der Waals surface area contributed by atoms with Gasteiger partial charge in [-0.2, -0.15) is 0 Å². The molecule has 2 aromatic carbocycles. The van der Waals surface area contributed by atoms with Crippen molar-refractivity contribution in [3.63, 3.8) is 0 Å². The SMILES string of the molecule is NCc1ccc(C(=O)Oc2ccccc2)cc1. The molecule has 3 nitrogen and oxygen atoms in total. The molecule has 0 aliphatic rings. The normalized spacial score (nSPS) is 9.94. The number of nitrogens with two attached hydrogens (primary N) is 1. The summed E-state index contributed by atoms with van der Waals surface area (Å²) in [7, 11) is 0. The highest BCUT2D eigenvalue weighted by Gasteiger charge is 2.07. The molecule has 0 fully saturated rings. The second-order valence-electron chi connectivity index (χ2n) is 3.60. The topological polar surface area (TPSA) is 52.3 Å². The Morgan fingerprint density at radius 3 is 2.24 bits per heavy atom. The Kier molecular flexibility index (Phi) is 3.52. The van der Waals surface area contributed by atoms with E-state index in [1.807, 2.05) is 30.3 Å². The fourth-order valence-corrected chi connectivity index (χ4v) is 1.43. The van der Waals surface area contributed by atoms with Crippen LogP contribution >= 0.6 is 0 Å². The van der Waals surface area contributed by atoms with Crippen molar-refractivity contribution in [1.29, 1.82) is 0 Å². The third kappa shape index (κ3) is 2.92. The van der Waals surface area contributed by atoms with E-state index >= 15 is 0 Å². The highest BCUT2D eigenvalue weighted by molar-refractivity contribution is 5.91. The summed E-state index contributed by atoms with van der Waals surface area (Å²) in [4.78, 5) is 11.8. The summed E-state index contributed by atoms with van der Waals surface area (Å²) in [5, 5.41) is 0. The first-order chi connectivity index (χ1) is 8.29. The first-order valence-electron chi connectivity index (χ1n) is 5.36. The number of carbonyl (C=O) groups excluding carboxylic acids is 1. The van der Waals surface area contributed by atoms with Crippen molar-refractivity contribution in [2.75, 3.05) is 0 Å². The van der Waals surface area contributed by atoms with Crippen LogP contribution in [0.3, 0.4) is 0 Å². The number of esters is 1. The molecule has 0 heterocycles. The van der Waals surface area contributed by atoms with Crippen molar-refractivity contribution >= 4 is 5.97 Å². The van der Waals surface area contributed by atoms with Crippen LogP contribution in [0.25, 0.3) is 0 Å². The summed E-state index contributed by atoms with van der Waals surface area (Å²) in [5.74, 6) is 0.181. The predicted molar refractivity (Wildman–Crippen MR) is 65.7 cm³/mol. The van der Waals surface area contributed by atoms with E-state index in [2.05, 4.69) is 0 Å². The lowest BCUT2D eigenvalue weighted by Gasteiger charge is -2.04. The maximum atomic E-state index is 11.8. The van der Waals surface area contributed by atoms with Crippen molar-refractivity contribution in [3.8, 4) is 5.75 Å². The first kappa shape index (κ1) is 11.4. The average Bonchev–Trinajstić information content (AvgIpc) is 2.40. The van der Waals surface area contributed by atoms with Crippen LogP contribution < -0.4 is 10.5 Å². The minimum absolute atomic E-state index is 0.361. The second kappa shape index (κ2) is 5.27. The van der Waals surface area contributed by atoms with Crippen molar-refractivity contribution < 1.29 is 9.53 Å². The van der Waals surface area contributed by atoms with Gasteiger partial charge in [-0.3, -0.25) is 0 Å². The van der Waals surface area contributed by atoms with Crippen LogP contribution in [-0.4, -0.2) is 5.97 Å². The number of ether oxygens (including phenoxy) is 1. The Morgan fingerprint density at radius 1 is 1.00 bits per heavy atom. The maximum absolute atomic E-state index is 11.8. The zero-order valence-corrected chi connectivity index (χ0v) is 9.30. The van der Waals surface area contributed by atoms with Crippen LogP contribution in [0, 0.1) is 0 Å². The Balaban J connectivity index is 2.09. The first-order valence-corrected chi connectivity index (χ1v) is 5.36. The lowest BCUT2D eigenvalue weighted by atomic mass is 10.1. The van der Waals surface area contributed by atoms with Crippen molar-refractivity contribution in [2.24, 2.45) is 5.73 Å². The third-order valence-corrected chi connectivity index (χ3v) is 2.38. The van der Waals surface area contributed by atoms with Crippen LogP contribution in [0.5, 0.6) is 5.75 Å². The Morgan fingerprint density at radius 2 is 1.65 bits per heavy atom. The summed E-state index contributed by atoms with van der Waals surface area (Å²) in [6, 6.07) is 16.1. The van der Waals surface area contributed by atoms with Gasteiger partial charge in [-0.15, -0.1) is 0 Å². The van der Waals surface area contributed by atoms with Gasteiger partial charge in [0.2, 0.25) is 0 Å². The lowest BCUT2D eigenvalue weighted by Crippen LogP contribution is -2.08. The van der Waals surface area contributed by atoms with E-state index in [0.717, 1.165) is 5.56 Å². The van der Waals surface area contributed by atoms with E-state index in [0.29, 0.717) is 17.9 Å². The number of para-hydroxylation sites is 1. The molecule has 0 aliphatic carbocycles. The maximum Gasteiger partial charge on any atom is 0.343 e. The molecule has 0 radical (unpaired) electrons. The van der Waals surface area contributed by atoms with Crippen LogP contribution in [0.2, 0.25) is 0 Å². The van der Waals surface area contributed by atoms with E-state index in [1.165, 1.54) is 0 Å². The van der Waals surface area contributed by atoms with Gasteiger partial charge in [0.05, 0.1) is 5.56 Å². The summed E-state index contributed by atoms with van der Waals surface area (Å²) >= 11 is 0. The quantitative estimate of drug-likeness (QED) is 0.647. The van der Waals surface area contributed by atoms with E-state index in [9.17, 15) is 4.79 Å². The molecule has 0 saturated carbocycles. The lowest BCUT2D eigenvalue weighted by molar-refractivity contribution is 0.0735. The van der Waals surface area contributed by atoms with Gasteiger partial charge in [0.25, 0.3) is 0 Å². The van der Waals surface area contributed by atoms with Gasteiger partial charge < -0.3 is 10.5 Å². The molecule has 86 valence electrons. The molecule has 2 N–H and O–H groups in total. The van der Waals surface area contributed by atoms with Gasteiger partial charge in [0, 0.05) is 6.54 Å². The van der Waals surface area contributed by atoms with Crippen molar-refractivity contribution in [1.82, 2.24) is 0 Å². The summed E-state index contributed by atoms with van der Waals surface area (Å²) in [6.07, 6.45) is 0. The molecule has 3 heteroatoms. The average molecular weight is 227 g/mol. The van der Waals surface area contributed by atoms with E-state index in [-0.39, 0.29) is 5.97 Å². The molecule has 0 aliphatic heterocycles. The van der Waals surface area contributed by atoms with Gasteiger partial charge in [-0.1, -0.05) is 30.3 Å². The number of hydrogen-bond donors (Lipinski definition) is 1. The molecule has 0 saturated heterocycles. The minimum Gasteiger partial charge on any atom is -0.423 e. The molecule has 2 aromatic rings. The van der Waals surface area contributed by atoms with Gasteiger partial charge >= 0.3 is 5.97 Å². The number of benzene rings is 2. The standard InChI is InChI=1S/C14H13NO2/c15-10-11-6-8-12(9-7-11)14(16)17-13-4-2-1-3-5-13/h1-9H,10,15H2. The zero-order valence-electron chi connectivity index (χ0n) is 9.30. The molecule has 2 rings (SSSR count). The van der Waals surface area contributed by atoms with Crippen LogP contribution in [0.15, 0.2) is 54.6 Å². The highest BCUT2D eigenvalue weighted by atomic mass is 16.5. The number of rotatable bonds is 3. The van der Waals surface area contributed by atoms with Crippen LogP contribution in [0.4, 0.5) is 0 Å². The monoisotopic (exact) mass is 227 g/mol. The fraction of sp³-hybridized carbons (Fsp3) is 0.0714. The van der Waals surface area contributed by atoms with Gasteiger partial charge in [-0.25, -0.2) is 4.79 Å². The molecular formula is C14H13NO2. The summed E-state index contributed by atoms with van der Waals surface area (Å²) in [6.45, 7) is 0.466. The van der Waals surface area contributed by atoms with Crippen LogP contribution in [0.1, 0.15) is 15.9 Å². The fourth-order valence-electron chi connectivity index (χ4n) is 1.43. The Bertz CT molecular complexity index is 491. The minimum atomic E-state index is -0.361. The molecule has 0 spiro atoms. The summed E-state index contributed by atoms with van der Waals surface area (Å²) in [5.41, 5.74) is 6.99. The van der Waals surface area contributed by atoms with Crippen molar-refractivity contribution in [2.45, 2.75) is 6.54 Å². The van der Waals surface area contributed by atoms with E-state index in [1.54, 1.807) is 24.3 Å². The molecule has 17 heavy (non-hydrogen) atoms. The van der Waals surface area contributed by atoms with E-state index in [4.69, 9.17) is 10.5 Å². The smallest absolute Gasteiger partial charge is 0.343 e. The molecular weight excluding hydrogens is 214 g/mol. The molecule has 0 amide bonds. The zero-order chi connectivity index (χ0) is 12.1. The predicted octanol–water partition coefficient (Wildman–Crippen LogP) is 2.36. The number of hydrogen-bond acceptors (Lipinski definition) is 3. The van der Waals surface area contributed by atoms with E-state index < -0.39 is 0 Å². The van der Waals surface area contributed by atoms with Crippen molar-refractivity contribution in [3.05, 3.63) is 65.7 Å².